The van der Waals surface area contributed by atoms with Crippen molar-refractivity contribution < 1.29 is 14.3 Å². The summed E-state index contributed by atoms with van der Waals surface area (Å²) in [6.07, 6.45) is 1.43. The van der Waals surface area contributed by atoms with Crippen molar-refractivity contribution >= 4 is 46.2 Å². The first-order chi connectivity index (χ1) is 13.0. The fourth-order valence-electron chi connectivity index (χ4n) is 2.24. The Hall–Kier alpha value is -2.83. The molecule has 1 amide bonds. The average molecular weight is 404 g/mol. The number of carbonyl (C=O) groups excluding carboxylic acids is 1. The predicted molar refractivity (Wildman–Crippen MR) is 106 cm³/mol. The van der Waals surface area contributed by atoms with Gasteiger partial charge in [0.15, 0.2) is 6.61 Å². The number of benzene rings is 2. The Bertz CT molecular complexity index is 991. The number of hydrazone groups is 1. The van der Waals surface area contributed by atoms with Crippen LogP contribution >= 0.6 is 23.2 Å². The van der Waals surface area contributed by atoms with Crippen LogP contribution in [0.15, 0.2) is 53.6 Å². The highest BCUT2D eigenvalue weighted by molar-refractivity contribution is 6.32. The van der Waals surface area contributed by atoms with Crippen molar-refractivity contribution in [3.63, 3.8) is 0 Å². The van der Waals surface area contributed by atoms with E-state index in [-0.39, 0.29) is 11.8 Å². The SMILES string of the molecule is COc1ccc2cc(C=NNC(=O)COc3ccc(Cl)cc3)c(Cl)nc2c1. The molecule has 0 aliphatic heterocycles. The molecule has 3 aromatic rings. The summed E-state index contributed by atoms with van der Waals surface area (Å²) < 4.78 is 10.5. The summed E-state index contributed by atoms with van der Waals surface area (Å²) in [6, 6.07) is 14.0. The summed E-state index contributed by atoms with van der Waals surface area (Å²) in [7, 11) is 1.59. The molecule has 3 rings (SSSR count). The second-order valence-corrected chi connectivity index (χ2v) is 6.26. The van der Waals surface area contributed by atoms with E-state index >= 15 is 0 Å². The number of carbonyl (C=O) groups is 1. The van der Waals surface area contributed by atoms with Crippen LogP contribution in [-0.4, -0.2) is 30.8 Å². The van der Waals surface area contributed by atoms with E-state index in [0.29, 0.717) is 27.6 Å². The van der Waals surface area contributed by atoms with Gasteiger partial charge in [0.2, 0.25) is 0 Å². The fraction of sp³-hybridized carbons (Fsp3) is 0.105. The number of rotatable bonds is 6. The first-order valence-corrected chi connectivity index (χ1v) is 8.65. The Morgan fingerprint density at radius 2 is 1.89 bits per heavy atom. The highest BCUT2D eigenvalue weighted by Crippen LogP contribution is 2.23. The molecule has 0 saturated carbocycles. The van der Waals surface area contributed by atoms with Gasteiger partial charge in [0.25, 0.3) is 5.91 Å². The fourth-order valence-corrected chi connectivity index (χ4v) is 2.56. The number of nitrogens with zero attached hydrogens (tertiary/aromatic N) is 2. The maximum atomic E-state index is 11.8. The molecule has 0 spiro atoms. The molecule has 0 radical (unpaired) electrons. The molecule has 0 bridgehead atoms. The average Bonchev–Trinajstić information content (AvgIpc) is 2.67. The molecule has 1 N–H and O–H groups in total. The number of aromatic nitrogens is 1. The quantitative estimate of drug-likeness (QED) is 0.382. The van der Waals surface area contributed by atoms with Gasteiger partial charge in [-0.1, -0.05) is 23.2 Å². The van der Waals surface area contributed by atoms with E-state index in [2.05, 4.69) is 15.5 Å². The van der Waals surface area contributed by atoms with Crippen LogP contribution in [0.4, 0.5) is 0 Å². The third-order valence-electron chi connectivity index (χ3n) is 3.58. The Morgan fingerprint density at radius 1 is 1.15 bits per heavy atom. The first kappa shape index (κ1) is 18.9. The van der Waals surface area contributed by atoms with Crippen LogP contribution in [0.25, 0.3) is 10.9 Å². The zero-order chi connectivity index (χ0) is 19.2. The lowest BCUT2D eigenvalue weighted by Crippen LogP contribution is -2.24. The van der Waals surface area contributed by atoms with Gasteiger partial charge in [0, 0.05) is 22.0 Å². The summed E-state index contributed by atoms with van der Waals surface area (Å²) in [5.41, 5.74) is 3.66. The maximum absolute atomic E-state index is 11.8. The molecule has 0 aliphatic rings. The van der Waals surface area contributed by atoms with Crippen molar-refractivity contribution in [2.24, 2.45) is 5.10 Å². The molecular formula is C19H15Cl2N3O3. The largest absolute Gasteiger partial charge is 0.497 e. The second kappa shape index (κ2) is 8.70. The summed E-state index contributed by atoms with van der Waals surface area (Å²) in [5, 5.41) is 5.63. The molecule has 27 heavy (non-hydrogen) atoms. The molecule has 0 saturated heterocycles. The molecule has 8 heteroatoms. The van der Waals surface area contributed by atoms with Crippen LogP contribution in [0.2, 0.25) is 10.2 Å². The zero-order valence-corrected chi connectivity index (χ0v) is 15.8. The summed E-state index contributed by atoms with van der Waals surface area (Å²) in [4.78, 5) is 16.1. The van der Waals surface area contributed by atoms with Gasteiger partial charge < -0.3 is 9.47 Å². The van der Waals surface area contributed by atoms with Gasteiger partial charge in [-0.15, -0.1) is 0 Å². The van der Waals surface area contributed by atoms with Crippen LogP contribution in [-0.2, 0) is 4.79 Å². The maximum Gasteiger partial charge on any atom is 0.277 e. The number of methoxy groups -OCH3 is 1. The molecule has 0 unspecified atom stereocenters. The van der Waals surface area contributed by atoms with Crippen molar-refractivity contribution in [3.05, 3.63) is 64.3 Å². The van der Waals surface area contributed by atoms with Gasteiger partial charge in [-0.2, -0.15) is 5.10 Å². The topological polar surface area (TPSA) is 72.8 Å². The molecule has 0 aliphatic carbocycles. The summed E-state index contributed by atoms with van der Waals surface area (Å²) in [6.45, 7) is -0.178. The van der Waals surface area contributed by atoms with Crippen LogP contribution in [0.3, 0.4) is 0 Å². The minimum absolute atomic E-state index is 0.178. The Labute approximate surface area is 165 Å². The molecule has 2 aromatic carbocycles. The number of hydrogen-bond acceptors (Lipinski definition) is 5. The van der Waals surface area contributed by atoms with Crippen molar-refractivity contribution in [2.75, 3.05) is 13.7 Å². The standard InChI is InChI=1S/C19H15Cl2N3O3/c1-26-16-5-2-12-8-13(19(21)23-17(12)9-16)10-22-24-18(25)11-27-15-6-3-14(20)4-7-15/h2-10H,11H2,1H3,(H,24,25). The molecule has 0 fully saturated rings. The number of pyridine rings is 1. The molecular weight excluding hydrogens is 389 g/mol. The van der Waals surface area contributed by atoms with Gasteiger partial charge in [-0.25, -0.2) is 10.4 Å². The third kappa shape index (κ3) is 5.09. The number of halogens is 2. The first-order valence-electron chi connectivity index (χ1n) is 7.90. The highest BCUT2D eigenvalue weighted by Gasteiger charge is 2.05. The highest BCUT2D eigenvalue weighted by atomic mass is 35.5. The van der Waals surface area contributed by atoms with Crippen LogP contribution < -0.4 is 14.9 Å². The van der Waals surface area contributed by atoms with E-state index in [0.717, 1.165) is 5.39 Å². The summed E-state index contributed by atoms with van der Waals surface area (Å²) in [5.74, 6) is 0.826. The predicted octanol–water partition coefficient (Wildman–Crippen LogP) is 4.08. The van der Waals surface area contributed by atoms with Crippen LogP contribution in [0.1, 0.15) is 5.56 Å². The summed E-state index contributed by atoms with van der Waals surface area (Å²) >= 11 is 12.0. The Kier molecular flexibility index (Phi) is 6.11. The van der Waals surface area contributed by atoms with Gasteiger partial charge in [-0.3, -0.25) is 4.79 Å². The van der Waals surface area contributed by atoms with Gasteiger partial charge in [0.1, 0.15) is 16.7 Å². The zero-order valence-electron chi connectivity index (χ0n) is 14.3. The van der Waals surface area contributed by atoms with Crippen molar-refractivity contribution in [1.82, 2.24) is 10.4 Å². The smallest absolute Gasteiger partial charge is 0.277 e. The van der Waals surface area contributed by atoms with Crippen molar-refractivity contribution in [3.8, 4) is 11.5 Å². The molecule has 1 heterocycles. The molecule has 1 aromatic heterocycles. The van der Waals surface area contributed by atoms with Gasteiger partial charge >= 0.3 is 0 Å². The minimum Gasteiger partial charge on any atom is -0.497 e. The van der Waals surface area contributed by atoms with Gasteiger partial charge in [-0.05, 0) is 42.5 Å². The van der Waals surface area contributed by atoms with E-state index in [1.54, 1.807) is 37.4 Å². The lowest BCUT2D eigenvalue weighted by Gasteiger charge is -2.05. The molecule has 6 nitrogen and oxygen atoms in total. The number of nitrogens with one attached hydrogen (secondary N) is 1. The van der Waals surface area contributed by atoms with Gasteiger partial charge in [0.05, 0.1) is 18.8 Å². The van der Waals surface area contributed by atoms with E-state index in [9.17, 15) is 4.79 Å². The van der Waals surface area contributed by atoms with Crippen LogP contribution in [0.5, 0.6) is 11.5 Å². The minimum atomic E-state index is -0.407. The number of fused-ring (bicyclic) bond motifs is 1. The Morgan fingerprint density at radius 3 is 2.63 bits per heavy atom. The Balaban J connectivity index is 1.60. The lowest BCUT2D eigenvalue weighted by molar-refractivity contribution is -0.123. The monoisotopic (exact) mass is 403 g/mol. The molecule has 138 valence electrons. The van der Waals surface area contributed by atoms with Crippen LogP contribution in [0, 0.1) is 0 Å². The van der Waals surface area contributed by atoms with E-state index in [4.69, 9.17) is 32.7 Å². The van der Waals surface area contributed by atoms with Crippen molar-refractivity contribution in [1.29, 1.82) is 0 Å². The van der Waals surface area contributed by atoms with E-state index < -0.39 is 5.91 Å². The number of amides is 1. The number of ether oxygens (including phenoxy) is 2. The van der Waals surface area contributed by atoms with Crippen molar-refractivity contribution in [2.45, 2.75) is 0 Å². The van der Waals surface area contributed by atoms with E-state index in [1.165, 1.54) is 6.21 Å². The second-order valence-electron chi connectivity index (χ2n) is 5.46. The third-order valence-corrected chi connectivity index (χ3v) is 4.14. The lowest BCUT2D eigenvalue weighted by atomic mass is 10.1. The van der Waals surface area contributed by atoms with E-state index in [1.807, 2.05) is 18.2 Å². The normalized spacial score (nSPS) is 10.9. The number of hydrogen-bond donors (Lipinski definition) is 1. The molecule has 0 atom stereocenters.